The van der Waals surface area contributed by atoms with Crippen molar-refractivity contribution in [2.75, 3.05) is 34.0 Å². The van der Waals surface area contributed by atoms with Crippen molar-refractivity contribution < 1.29 is 18.9 Å². The number of hydrogen-bond acceptors (Lipinski definition) is 4. The van der Waals surface area contributed by atoms with Gasteiger partial charge >= 0.3 is 0 Å². The molecule has 0 aromatic heterocycles. The first-order valence-electron chi connectivity index (χ1n) is 8.99. The van der Waals surface area contributed by atoms with Gasteiger partial charge in [-0.3, -0.25) is 0 Å². The summed E-state index contributed by atoms with van der Waals surface area (Å²) in [5.41, 5.74) is 0. The van der Waals surface area contributed by atoms with Gasteiger partial charge in [-0.2, -0.15) is 0 Å². The van der Waals surface area contributed by atoms with E-state index >= 15 is 0 Å². The molecule has 1 aliphatic rings. The summed E-state index contributed by atoms with van der Waals surface area (Å²) in [6.45, 7) is 6.73. The standard InChI is InChI=1S/C18H36O4/c1-5-7-8-9-10-11-16(13-21-14-17-15-22-17)12-18(6-2,19-3)20-4/h16-17H,5-15H2,1-4H3. The topological polar surface area (TPSA) is 40.2 Å². The third kappa shape index (κ3) is 7.91. The predicted molar refractivity (Wildman–Crippen MR) is 89.1 cm³/mol. The highest BCUT2D eigenvalue weighted by atomic mass is 16.7. The highest BCUT2D eigenvalue weighted by molar-refractivity contribution is 4.74. The first-order valence-corrected chi connectivity index (χ1v) is 8.99. The first kappa shape index (κ1) is 19.9. The monoisotopic (exact) mass is 316 g/mol. The summed E-state index contributed by atoms with van der Waals surface area (Å²) in [5.74, 6) is 0.0216. The predicted octanol–water partition coefficient (Wildman–Crippen LogP) is 4.17. The molecule has 0 aliphatic carbocycles. The molecule has 2 unspecified atom stereocenters. The van der Waals surface area contributed by atoms with Gasteiger partial charge in [-0.1, -0.05) is 46.0 Å². The quantitative estimate of drug-likeness (QED) is 0.258. The molecule has 22 heavy (non-hydrogen) atoms. The van der Waals surface area contributed by atoms with E-state index in [0.717, 1.165) is 32.7 Å². The molecular weight excluding hydrogens is 280 g/mol. The smallest absolute Gasteiger partial charge is 0.167 e. The van der Waals surface area contributed by atoms with E-state index in [9.17, 15) is 0 Å². The summed E-state index contributed by atoms with van der Waals surface area (Å²) >= 11 is 0. The Morgan fingerprint density at radius 3 is 2.32 bits per heavy atom. The fourth-order valence-corrected chi connectivity index (χ4v) is 2.93. The molecule has 0 aromatic rings. The molecule has 1 heterocycles. The van der Waals surface area contributed by atoms with Crippen LogP contribution in [0.2, 0.25) is 0 Å². The molecule has 1 fully saturated rings. The summed E-state index contributed by atoms with van der Waals surface area (Å²) in [5, 5.41) is 0. The summed E-state index contributed by atoms with van der Waals surface area (Å²) < 4.78 is 22.3. The first-order chi connectivity index (χ1) is 10.7. The zero-order chi connectivity index (χ0) is 16.3. The Morgan fingerprint density at radius 2 is 1.77 bits per heavy atom. The molecular formula is C18H36O4. The lowest BCUT2D eigenvalue weighted by atomic mass is 9.92. The second kappa shape index (κ2) is 11.4. The second-order valence-corrected chi connectivity index (χ2v) is 6.44. The van der Waals surface area contributed by atoms with Crippen LogP contribution in [0.4, 0.5) is 0 Å². The fourth-order valence-electron chi connectivity index (χ4n) is 2.93. The molecule has 0 spiro atoms. The third-order valence-corrected chi connectivity index (χ3v) is 4.66. The van der Waals surface area contributed by atoms with Crippen LogP contribution in [0.1, 0.15) is 65.2 Å². The fraction of sp³-hybridized carbons (Fsp3) is 1.00. The van der Waals surface area contributed by atoms with E-state index in [-0.39, 0.29) is 0 Å². The van der Waals surface area contributed by atoms with E-state index in [1.165, 1.54) is 38.5 Å². The minimum absolute atomic E-state index is 0.339. The minimum atomic E-state index is -0.465. The Hall–Kier alpha value is -0.160. The van der Waals surface area contributed by atoms with Crippen molar-refractivity contribution in [1.82, 2.24) is 0 Å². The second-order valence-electron chi connectivity index (χ2n) is 6.44. The van der Waals surface area contributed by atoms with E-state index in [1.807, 2.05) is 0 Å². The van der Waals surface area contributed by atoms with Crippen molar-refractivity contribution in [3.05, 3.63) is 0 Å². The number of hydrogen-bond donors (Lipinski definition) is 0. The lowest BCUT2D eigenvalue weighted by Crippen LogP contribution is -2.36. The molecule has 0 bridgehead atoms. The molecule has 0 N–H and O–H groups in total. The van der Waals surface area contributed by atoms with Crippen LogP contribution in [-0.4, -0.2) is 45.9 Å². The van der Waals surface area contributed by atoms with Gasteiger partial charge in [0, 0.05) is 27.2 Å². The normalized spacial score (nSPS) is 19.4. The molecule has 0 aromatic carbocycles. The maximum absolute atomic E-state index is 5.84. The Balaban J connectivity index is 2.36. The van der Waals surface area contributed by atoms with Crippen LogP contribution in [-0.2, 0) is 18.9 Å². The van der Waals surface area contributed by atoms with Gasteiger partial charge in [0.1, 0.15) is 6.10 Å². The van der Waals surface area contributed by atoms with Crippen LogP contribution in [0.25, 0.3) is 0 Å². The largest absolute Gasteiger partial charge is 0.378 e. The minimum Gasteiger partial charge on any atom is -0.378 e. The van der Waals surface area contributed by atoms with Crippen molar-refractivity contribution in [3.8, 4) is 0 Å². The van der Waals surface area contributed by atoms with E-state index < -0.39 is 5.79 Å². The average molecular weight is 316 g/mol. The third-order valence-electron chi connectivity index (χ3n) is 4.66. The Bertz CT molecular complexity index is 254. The van der Waals surface area contributed by atoms with E-state index in [1.54, 1.807) is 14.2 Å². The molecule has 4 heteroatoms. The zero-order valence-electron chi connectivity index (χ0n) is 15.1. The van der Waals surface area contributed by atoms with Crippen LogP contribution in [0, 0.1) is 5.92 Å². The van der Waals surface area contributed by atoms with Gasteiger partial charge in [-0.15, -0.1) is 0 Å². The molecule has 1 aliphatic heterocycles. The Kier molecular flexibility index (Phi) is 10.3. The van der Waals surface area contributed by atoms with Crippen LogP contribution in [0.5, 0.6) is 0 Å². The van der Waals surface area contributed by atoms with E-state index in [2.05, 4.69) is 13.8 Å². The summed E-state index contributed by atoms with van der Waals surface area (Å²) in [7, 11) is 3.48. The van der Waals surface area contributed by atoms with Crippen molar-refractivity contribution in [2.24, 2.45) is 5.92 Å². The molecule has 4 nitrogen and oxygen atoms in total. The summed E-state index contributed by atoms with van der Waals surface area (Å²) in [6.07, 6.45) is 9.84. The van der Waals surface area contributed by atoms with Gasteiger partial charge in [0.05, 0.1) is 13.2 Å². The van der Waals surface area contributed by atoms with Gasteiger partial charge in [0.25, 0.3) is 0 Å². The van der Waals surface area contributed by atoms with Crippen molar-refractivity contribution >= 4 is 0 Å². The molecule has 132 valence electrons. The van der Waals surface area contributed by atoms with Gasteiger partial charge in [0.2, 0.25) is 0 Å². The van der Waals surface area contributed by atoms with Crippen LogP contribution < -0.4 is 0 Å². The van der Waals surface area contributed by atoms with Crippen molar-refractivity contribution in [1.29, 1.82) is 0 Å². The lowest BCUT2D eigenvalue weighted by molar-refractivity contribution is -0.221. The SMILES string of the molecule is CCCCCCCC(COCC1CO1)CC(CC)(OC)OC. The molecule has 0 amide bonds. The Morgan fingerprint density at radius 1 is 1.09 bits per heavy atom. The number of unbranched alkanes of at least 4 members (excludes halogenated alkanes) is 4. The summed E-state index contributed by atoms with van der Waals surface area (Å²) in [4.78, 5) is 0. The molecule has 0 saturated carbocycles. The lowest BCUT2D eigenvalue weighted by Gasteiger charge is -2.33. The highest BCUT2D eigenvalue weighted by Gasteiger charge is 2.31. The van der Waals surface area contributed by atoms with Gasteiger partial charge in [0.15, 0.2) is 5.79 Å². The van der Waals surface area contributed by atoms with Crippen LogP contribution in [0.3, 0.4) is 0 Å². The van der Waals surface area contributed by atoms with E-state index in [4.69, 9.17) is 18.9 Å². The summed E-state index contributed by atoms with van der Waals surface area (Å²) in [6, 6.07) is 0. The molecule has 1 rings (SSSR count). The van der Waals surface area contributed by atoms with Gasteiger partial charge in [-0.05, 0) is 18.8 Å². The zero-order valence-corrected chi connectivity index (χ0v) is 15.1. The maximum atomic E-state index is 5.84. The highest BCUT2D eigenvalue weighted by Crippen LogP contribution is 2.29. The molecule has 2 atom stereocenters. The maximum Gasteiger partial charge on any atom is 0.167 e. The van der Waals surface area contributed by atoms with Crippen LogP contribution >= 0.6 is 0 Å². The van der Waals surface area contributed by atoms with E-state index in [0.29, 0.717) is 12.0 Å². The van der Waals surface area contributed by atoms with Crippen LogP contribution in [0.15, 0.2) is 0 Å². The Labute approximate surface area is 136 Å². The van der Waals surface area contributed by atoms with Gasteiger partial charge < -0.3 is 18.9 Å². The van der Waals surface area contributed by atoms with Crippen molar-refractivity contribution in [2.45, 2.75) is 77.1 Å². The number of ether oxygens (including phenoxy) is 4. The number of rotatable bonds is 15. The number of methoxy groups -OCH3 is 2. The average Bonchev–Trinajstić information content (AvgIpc) is 3.36. The molecule has 1 saturated heterocycles. The van der Waals surface area contributed by atoms with Gasteiger partial charge in [-0.25, -0.2) is 0 Å². The molecule has 0 radical (unpaired) electrons. The number of epoxide rings is 1. The van der Waals surface area contributed by atoms with Crippen molar-refractivity contribution in [3.63, 3.8) is 0 Å².